The van der Waals surface area contributed by atoms with E-state index in [2.05, 4.69) is 5.32 Å². The van der Waals surface area contributed by atoms with Gasteiger partial charge in [0.1, 0.15) is 5.75 Å². The van der Waals surface area contributed by atoms with Gasteiger partial charge in [-0.25, -0.2) is 4.79 Å². The van der Waals surface area contributed by atoms with Crippen LogP contribution in [0.2, 0.25) is 0 Å². The van der Waals surface area contributed by atoms with Gasteiger partial charge in [0.25, 0.3) is 11.8 Å². The molecule has 2 aromatic rings. The molecule has 154 valence electrons. The number of carboxylic acid groups (broad SMARTS) is 1. The van der Waals surface area contributed by atoms with E-state index in [0.717, 1.165) is 5.56 Å². The number of hydrogen-bond acceptors (Lipinski definition) is 4. The van der Waals surface area contributed by atoms with Gasteiger partial charge in [0.2, 0.25) is 0 Å². The number of aryl methyl sites for hydroxylation is 2. The minimum absolute atomic E-state index is 0.0629. The summed E-state index contributed by atoms with van der Waals surface area (Å²) in [6.07, 6.45) is 0.595. The molecule has 0 fully saturated rings. The first-order chi connectivity index (χ1) is 13.7. The van der Waals surface area contributed by atoms with Gasteiger partial charge in [-0.1, -0.05) is 12.1 Å². The molecule has 2 amide bonds. The normalized spacial score (nSPS) is 10.3. The molecule has 0 unspecified atom stereocenters. The molecule has 0 saturated heterocycles. The third-order valence-corrected chi connectivity index (χ3v) is 4.34. The maximum Gasteiger partial charge on any atom is 0.341 e. The first-order valence-electron chi connectivity index (χ1n) is 9.23. The summed E-state index contributed by atoms with van der Waals surface area (Å²) < 4.78 is 5.29. The Balaban J connectivity index is 1.98. The van der Waals surface area contributed by atoms with Gasteiger partial charge in [0.05, 0.1) is 0 Å². The summed E-state index contributed by atoms with van der Waals surface area (Å²) >= 11 is 0. The predicted octanol–water partition coefficient (Wildman–Crippen LogP) is 2.44. The molecule has 0 bridgehead atoms. The van der Waals surface area contributed by atoms with E-state index in [1.54, 1.807) is 46.1 Å². The minimum atomic E-state index is -1.05. The number of carbonyl (C=O) groups is 3. The third-order valence-electron chi connectivity index (χ3n) is 4.34. The largest absolute Gasteiger partial charge is 0.481 e. The van der Waals surface area contributed by atoms with E-state index < -0.39 is 12.6 Å². The molecule has 0 heterocycles. The SMILES string of the molecule is Cc1cc(C(=O)NCCc2cccc(C(=O)N(C)C)c2)cc(C)c1OCC(=O)O. The van der Waals surface area contributed by atoms with Crippen LogP contribution >= 0.6 is 0 Å². The first kappa shape index (κ1) is 21.9. The Kier molecular flexibility index (Phi) is 7.36. The average Bonchev–Trinajstić information content (AvgIpc) is 2.66. The highest BCUT2D eigenvalue weighted by atomic mass is 16.5. The van der Waals surface area contributed by atoms with Crippen molar-refractivity contribution in [2.75, 3.05) is 27.2 Å². The molecule has 7 heteroatoms. The van der Waals surface area contributed by atoms with Crippen LogP contribution < -0.4 is 10.1 Å². The van der Waals surface area contributed by atoms with Gasteiger partial charge in [-0.3, -0.25) is 9.59 Å². The Morgan fingerprint density at radius 1 is 1.03 bits per heavy atom. The fourth-order valence-electron chi connectivity index (χ4n) is 2.98. The van der Waals surface area contributed by atoms with Crippen molar-refractivity contribution >= 4 is 17.8 Å². The third kappa shape index (κ3) is 6.07. The van der Waals surface area contributed by atoms with Gasteiger partial charge < -0.3 is 20.1 Å². The van der Waals surface area contributed by atoms with E-state index in [9.17, 15) is 14.4 Å². The van der Waals surface area contributed by atoms with E-state index in [1.807, 2.05) is 18.2 Å². The lowest BCUT2D eigenvalue weighted by Gasteiger charge is -2.13. The lowest BCUT2D eigenvalue weighted by molar-refractivity contribution is -0.139. The van der Waals surface area contributed by atoms with Crippen molar-refractivity contribution in [1.29, 1.82) is 0 Å². The van der Waals surface area contributed by atoms with Gasteiger partial charge in [-0.15, -0.1) is 0 Å². The first-order valence-corrected chi connectivity index (χ1v) is 9.23. The summed E-state index contributed by atoms with van der Waals surface area (Å²) in [5.74, 6) is -0.859. The van der Waals surface area contributed by atoms with Gasteiger partial charge in [0, 0.05) is 31.8 Å². The van der Waals surface area contributed by atoms with Crippen molar-refractivity contribution < 1.29 is 24.2 Å². The number of hydrogen-bond donors (Lipinski definition) is 2. The zero-order valence-electron chi connectivity index (χ0n) is 17.1. The maximum atomic E-state index is 12.5. The number of carbonyl (C=O) groups excluding carboxylic acids is 2. The molecular weight excluding hydrogens is 372 g/mol. The van der Waals surface area contributed by atoms with Crippen molar-refractivity contribution in [3.8, 4) is 5.75 Å². The lowest BCUT2D eigenvalue weighted by Crippen LogP contribution is -2.26. The van der Waals surface area contributed by atoms with Crippen molar-refractivity contribution in [3.05, 3.63) is 64.2 Å². The summed E-state index contributed by atoms with van der Waals surface area (Å²) in [5, 5.41) is 11.6. The Labute approximate surface area is 170 Å². The molecule has 2 rings (SSSR count). The second-order valence-corrected chi connectivity index (χ2v) is 7.03. The highest BCUT2D eigenvalue weighted by molar-refractivity contribution is 5.95. The molecule has 2 N–H and O–H groups in total. The molecule has 7 nitrogen and oxygen atoms in total. The van der Waals surface area contributed by atoms with Gasteiger partial charge >= 0.3 is 5.97 Å². The average molecular weight is 398 g/mol. The van der Waals surface area contributed by atoms with Crippen LogP contribution in [0.15, 0.2) is 36.4 Å². The van der Waals surface area contributed by atoms with Crippen LogP contribution in [0.25, 0.3) is 0 Å². The van der Waals surface area contributed by atoms with Gasteiger partial charge in [0.15, 0.2) is 6.61 Å². The molecule has 0 aromatic heterocycles. The summed E-state index contributed by atoms with van der Waals surface area (Å²) in [4.78, 5) is 36.7. The fraction of sp³-hybridized carbons (Fsp3) is 0.318. The van der Waals surface area contributed by atoms with Crippen LogP contribution in [0.1, 0.15) is 37.4 Å². The number of carboxylic acids is 1. The molecule has 0 saturated carbocycles. The summed E-state index contributed by atoms with van der Waals surface area (Å²) in [5.41, 5.74) is 3.46. The number of benzene rings is 2. The van der Waals surface area contributed by atoms with Crippen molar-refractivity contribution in [2.24, 2.45) is 0 Å². The Bertz CT molecular complexity index is 898. The van der Waals surface area contributed by atoms with Crippen LogP contribution in [0.4, 0.5) is 0 Å². The minimum Gasteiger partial charge on any atom is -0.481 e. The molecular formula is C22H26N2O5. The topological polar surface area (TPSA) is 95.9 Å². The second-order valence-electron chi connectivity index (χ2n) is 7.03. The zero-order chi connectivity index (χ0) is 21.6. The number of amides is 2. The van der Waals surface area contributed by atoms with Crippen LogP contribution in [0, 0.1) is 13.8 Å². The Morgan fingerprint density at radius 2 is 1.69 bits per heavy atom. The summed E-state index contributed by atoms with van der Waals surface area (Å²) in [6.45, 7) is 3.54. The van der Waals surface area contributed by atoms with E-state index in [-0.39, 0.29) is 11.8 Å². The quantitative estimate of drug-likeness (QED) is 0.712. The van der Waals surface area contributed by atoms with E-state index in [0.29, 0.717) is 41.0 Å². The lowest BCUT2D eigenvalue weighted by atomic mass is 10.0. The standard InChI is InChI=1S/C22H26N2O5/c1-14-10-18(11-15(2)20(14)29-13-19(25)26)21(27)23-9-8-16-6-5-7-17(12-16)22(28)24(3)4/h5-7,10-12H,8-9,13H2,1-4H3,(H,23,27)(H,25,26). The summed E-state index contributed by atoms with van der Waals surface area (Å²) in [6, 6.07) is 10.7. The van der Waals surface area contributed by atoms with Crippen LogP contribution in [0.5, 0.6) is 5.75 Å². The Hall–Kier alpha value is -3.35. The molecule has 2 aromatic carbocycles. The predicted molar refractivity (Wildman–Crippen MR) is 110 cm³/mol. The summed E-state index contributed by atoms with van der Waals surface area (Å²) in [7, 11) is 3.41. The van der Waals surface area contributed by atoms with Crippen LogP contribution in [-0.4, -0.2) is 55.0 Å². The smallest absolute Gasteiger partial charge is 0.341 e. The number of ether oxygens (including phenoxy) is 1. The van der Waals surface area contributed by atoms with E-state index in [1.165, 1.54) is 4.90 Å². The molecule has 0 aliphatic carbocycles. The van der Waals surface area contributed by atoms with Gasteiger partial charge in [-0.05, 0) is 61.2 Å². The molecule has 0 atom stereocenters. The second kappa shape index (κ2) is 9.73. The zero-order valence-corrected chi connectivity index (χ0v) is 17.1. The maximum absolute atomic E-state index is 12.5. The monoisotopic (exact) mass is 398 g/mol. The molecule has 0 aliphatic rings. The highest BCUT2D eigenvalue weighted by Gasteiger charge is 2.13. The molecule has 0 radical (unpaired) electrons. The molecule has 0 aliphatic heterocycles. The van der Waals surface area contributed by atoms with E-state index >= 15 is 0 Å². The fourth-order valence-corrected chi connectivity index (χ4v) is 2.98. The van der Waals surface area contributed by atoms with E-state index in [4.69, 9.17) is 9.84 Å². The number of rotatable bonds is 8. The van der Waals surface area contributed by atoms with Crippen molar-refractivity contribution in [1.82, 2.24) is 10.2 Å². The number of nitrogens with zero attached hydrogens (tertiary/aromatic N) is 1. The van der Waals surface area contributed by atoms with Crippen LogP contribution in [-0.2, 0) is 11.2 Å². The van der Waals surface area contributed by atoms with Crippen molar-refractivity contribution in [3.63, 3.8) is 0 Å². The molecule has 0 spiro atoms. The highest BCUT2D eigenvalue weighted by Crippen LogP contribution is 2.24. The van der Waals surface area contributed by atoms with Crippen LogP contribution in [0.3, 0.4) is 0 Å². The van der Waals surface area contributed by atoms with Gasteiger partial charge in [-0.2, -0.15) is 0 Å². The molecule has 29 heavy (non-hydrogen) atoms. The van der Waals surface area contributed by atoms with Crippen molar-refractivity contribution in [2.45, 2.75) is 20.3 Å². The number of aliphatic carboxylic acids is 1. The Morgan fingerprint density at radius 3 is 2.28 bits per heavy atom. The number of nitrogens with one attached hydrogen (secondary N) is 1.